The highest BCUT2D eigenvalue weighted by Crippen LogP contribution is 2.15. The van der Waals surface area contributed by atoms with Crippen molar-refractivity contribution in [1.29, 1.82) is 0 Å². The summed E-state index contributed by atoms with van der Waals surface area (Å²) < 4.78 is 0. The third-order valence-electron chi connectivity index (χ3n) is 3.65. The number of likely N-dealkylation sites (N-methyl/N-ethyl adjacent to an activating group) is 1. The first-order valence-electron chi connectivity index (χ1n) is 7.50. The van der Waals surface area contributed by atoms with Crippen LogP contribution in [0.1, 0.15) is 31.1 Å². The third kappa shape index (κ3) is 4.53. The molecule has 0 radical (unpaired) electrons. The van der Waals surface area contributed by atoms with Gasteiger partial charge in [0.05, 0.1) is 17.6 Å². The summed E-state index contributed by atoms with van der Waals surface area (Å²) in [5.41, 5.74) is 3.54. The normalized spacial score (nSPS) is 12.1. The van der Waals surface area contributed by atoms with Crippen molar-refractivity contribution in [3.8, 4) is 0 Å². The maximum Gasteiger partial charge on any atom is 0.0572 e. The summed E-state index contributed by atoms with van der Waals surface area (Å²) in [6.07, 6.45) is 6.64. The van der Waals surface area contributed by atoms with Crippen LogP contribution >= 0.6 is 0 Å². The number of nitrogens with zero attached hydrogens (tertiary/aromatic N) is 3. The molecule has 0 spiro atoms. The molecule has 0 aliphatic heterocycles. The quantitative estimate of drug-likeness (QED) is 0.849. The lowest BCUT2D eigenvalue weighted by atomic mass is 10.2. The van der Waals surface area contributed by atoms with Gasteiger partial charge in [-0.2, -0.15) is 0 Å². The van der Waals surface area contributed by atoms with Crippen LogP contribution in [0.2, 0.25) is 0 Å². The van der Waals surface area contributed by atoms with Crippen LogP contribution < -0.4 is 10.2 Å². The Hall–Kier alpha value is -1.94. The van der Waals surface area contributed by atoms with Gasteiger partial charge in [-0.3, -0.25) is 9.97 Å². The molecule has 0 saturated carbocycles. The molecular formula is C17H24N4. The van der Waals surface area contributed by atoms with Gasteiger partial charge in [-0.15, -0.1) is 0 Å². The maximum atomic E-state index is 4.56. The van der Waals surface area contributed by atoms with Crippen LogP contribution in [-0.4, -0.2) is 30.1 Å². The largest absolute Gasteiger partial charge is 0.373 e. The summed E-state index contributed by atoms with van der Waals surface area (Å²) in [7, 11) is 2.10. The van der Waals surface area contributed by atoms with E-state index in [1.807, 2.05) is 18.6 Å². The minimum atomic E-state index is 0.297. The second-order valence-corrected chi connectivity index (χ2v) is 5.25. The Bertz CT molecular complexity index is 524. The SMILES string of the molecule is CCNC(C)c1ccc(N(C)CCc2ccncc2)cn1. The molecule has 2 rings (SSSR count). The van der Waals surface area contributed by atoms with Crippen LogP contribution in [0.5, 0.6) is 0 Å². The molecule has 1 N–H and O–H groups in total. The molecule has 4 heteroatoms. The first-order chi connectivity index (χ1) is 10.2. The van der Waals surface area contributed by atoms with E-state index >= 15 is 0 Å². The van der Waals surface area contributed by atoms with E-state index in [4.69, 9.17) is 0 Å². The number of aromatic nitrogens is 2. The number of nitrogens with one attached hydrogen (secondary N) is 1. The van der Waals surface area contributed by atoms with Gasteiger partial charge >= 0.3 is 0 Å². The smallest absolute Gasteiger partial charge is 0.0572 e. The molecule has 0 saturated heterocycles. The lowest BCUT2D eigenvalue weighted by Gasteiger charge is -2.20. The molecule has 4 nitrogen and oxygen atoms in total. The first kappa shape index (κ1) is 15.4. The fraction of sp³-hybridized carbons (Fsp3) is 0.412. The maximum absolute atomic E-state index is 4.56. The van der Waals surface area contributed by atoms with Crippen molar-refractivity contribution in [3.63, 3.8) is 0 Å². The van der Waals surface area contributed by atoms with Gasteiger partial charge in [-0.25, -0.2) is 0 Å². The van der Waals surface area contributed by atoms with Crippen molar-refractivity contribution >= 4 is 5.69 Å². The fourth-order valence-electron chi connectivity index (χ4n) is 2.27. The summed E-state index contributed by atoms with van der Waals surface area (Å²) in [5.74, 6) is 0. The van der Waals surface area contributed by atoms with Crippen molar-refractivity contribution in [2.75, 3.05) is 25.0 Å². The summed E-state index contributed by atoms with van der Waals surface area (Å²) >= 11 is 0. The predicted octanol–water partition coefficient (Wildman–Crippen LogP) is 2.83. The molecule has 0 aliphatic carbocycles. The molecule has 112 valence electrons. The minimum absolute atomic E-state index is 0.297. The first-order valence-corrected chi connectivity index (χ1v) is 7.50. The van der Waals surface area contributed by atoms with E-state index in [0.29, 0.717) is 6.04 Å². The van der Waals surface area contributed by atoms with Crippen molar-refractivity contribution < 1.29 is 0 Å². The second-order valence-electron chi connectivity index (χ2n) is 5.25. The van der Waals surface area contributed by atoms with Crippen LogP contribution in [-0.2, 0) is 6.42 Å². The van der Waals surface area contributed by atoms with Crippen LogP contribution in [0.25, 0.3) is 0 Å². The fourth-order valence-corrected chi connectivity index (χ4v) is 2.27. The van der Waals surface area contributed by atoms with Crippen LogP contribution in [0.4, 0.5) is 5.69 Å². The standard InChI is InChI=1S/C17H24N4/c1-4-19-14(2)17-6-5-16(13-20-17)21(3)12-9-15-7-10-18-11-8-15/h5-8,10-11,13-14,19H,4,9,12H2,1-3H3. The van der Waals surface area contributed by atoms with Crippen LogP contribution in [0, 0.1) is 0 Å². The van der Waals surface area contributed by atoms with Gasteiger partial charge in [0.15, 0.2) is 0 Å². The molecule has 1 unspecified atom stereocenters. The molecule has 2 aromatic heterocycles. The average Bonchev–Trinajstić information content (AvgIpc) is 2.54. The predicted molar refractivity (Wildman–Crippen MR) is 87.5 cm³/mol. The van der Waals surface area contributed by atoms with Gasteiger partial charge in [0.2, 0.25) is 0 Å². The van der Waals surface area contributed by atoms with Gasteiger partial charge in [-0.05, 0) is 49.7 Å². The summed E-state index contributed by atoms with van der Waals surface area (Å²) in [5, 5.41) is 3.38. The van der Waals surface area contributed by atoms with E-state index in [1.54, 1.807) is 0 Å². The zero-order valence-electron chi connectivity index (χ0n) is 13.1. The van der Waals surface area contributed by atoms with Crippen molar-refractivity contribution in [2.45, 2.75) is 26.3 Å². The molecule has 1 atom stereocenters. The Balaban J connectivity index is 1.92. The Labute approximate surface area is 127 Å². The van der Waals surface area contributed by atoms with Crippen molar-refractivity contribution in [1.82, 2.24) is 15.3 Å². The van der Waals surface area contributed by atoms with E-state index in [9.17, 15) is 0 Å². The Morgan fingerprint density at radius 3 is 2.57 bits per heavy atom. The summed E-state index contributed by atoms with van der Waals surface area (Å²) in [6.45, 7) is 6.17. The van der Waals surface area contributed by atoms with Gasteiger partial charge in [0.1, 0.15) is 0 Å². The van der Waals surface area contributed by atoms with Gasteiger partial charge in [0, 0.05) is 32.0 Å². The molecule has 2 aromatic rings. The second kappa shape index (κ2) is 7.74. The molecule has 0 bridgehead atoms. The Morgan fingerprint density at radius 1 is 1.19 bits per heavy atom. The van der Waals surface area contributed by atoms with Crippen LogP contribution in [0.3, 0.4) is 0 Å². The zero-order valence-corrected chi connectivity index (χ0v) is 13.1. The van der Waals surface area contributed by atoms with Gasteiger partial charge in [0.25, 0.3) is 0 Å². The lowest BCUT2D eigenvalue weighted by molar-refractivity contribution is 0.583. The molecule has 0 amide bonds. The number of hydrogen-bond donors (Lipinski definition) is 1. The van der Waals surface area contributed by atoms with E-state index < -0.39 is 0 Å². The van der Waals surface area contributed by atoms with E-state index in [-0.39, 0.29) is 0 Å². The van der Waals surface area contributed by atoms with E-state index in [0.717, 1.165) is 30.9 Å². The molecule has 21 heavy (non-hydrogen) atoms. The molecule has 0 aliphatic rings. The van der Waals surface area contributed by atoms with Crippen LogP contribution in [0.15, 0.2) is 42.9 Å². The average molecular weight is 284 g/mol. The summed E-state index contributed by atoms with van der Waals surface area (Å²) in [6, 6.07) is 8.67. The van der Waals surface area contributed by atoms with E-state index in [1.165, 1.54) is 5.56 Å². The zero-order chi connectivity index (χ0) is 15.1. The minimum Gasteiger partial charge on any atom is -0.373 e. The Kier molecular flexibility index (Phi) is 5.69. The topological polar surface area (TPSA) is 41.0 Å². The monoisotopic (exact) mass is 284 g/mol. The highest BCUT2D eigenvalue weighted by atomic mass is 15.1. The Morgan fingerprint density at radius 2 is 1.95 bits per heavy atom. The van der Waals surface area contributed by atoms with Gasteiger partial charge in [-0.1, -0.05) is 6.92 Å². The molecule has 0 fully saturated rings. The number of pyridine rings is 2. The molecule has 2 heterocycles. The van der Waals surface area contributed by atoms with E-state index in [2.05, 4.69) is 65.3 Å². The summed E-state index contributed by atoms with van der Waals surface area (Å²) in [4.78, 5) is 10.8. The number of hydrogen-bond acceptors (Lipinski definition) is 4. The van der Waals surface area contributed by atoms with Crippen molar-refractivity contribution in [3.05, 3.63) is 54.1 Å². The molecular weight excluding hydrogens is 260 g/mol. The highest BCUT2D eigenvalue weighted by molar-refractivity contribution is 5.44. The number of rotatable bonds is 7. The number of anilines is 1. The molecule has 0 aromatic carbocycles. The van der Waals surface area contributed by atoms with Gasteiger partial charge < -0.3 is 10.2 Å². The van der Waals surface area contributed by atoms with Crippen molar-refractivity contribution in [2.24, 2.45) is 0 Å². The lowest BCUT2D eigenvalue weighted by Crippen LogP contribution is -2.21. The third-order valence-corrected chi connectivity index (χ3v) is 3.65. The highest BCUT2D eigenvalue weighted by Gasteiger charge is 2.07.